The van der Waals surface area contributed by atoms with Gasteiger partial charge in [-0.1, -0.05) is 121 Å². The lowest BCUT2D eigenvalue weighted by atomic mass is 9.82. The first kappa shape index (κ1) is 27.7. The van der Waals surface area contributed by atoms with E-state index in [-0.39, 0.29) is 0 Å². The van der Waals surface area contributed by atoms with Crippen molar-refractivity contribution in [2.45, 2.75) is 5.60 Å². The van der Waals surface area contributed by atoms with Crippen LogP contribution in [-0.4, -0.2) is 5.26 Å². The van der Waals surface area contributed by atoms with Gasteiger partial charge in [0, 0.05) is 0 Å². The third-order valence-electron chi connectivity index (χ3n) is 7.19. The van der Waals surface area contributed by atoms with Gasteiger partial charge in [-0.3, -0.25) is 5.26 Å². The Morgan fingerprint density at radius 1 is 0.419 bits per heavy atom. The van der Waals surface area contributed by atoms with Crippen LogP contribution >= 0.6 is 0 Å². The first-order valence-corrected chi connectivity index (χ1v) is 14.1. The number of benzene rings is 6. The summed E-state index contributed by atoms with van der Waals surface area (Å²) in [6, 6.07) is 54.6. The molecule has 0 unspecified atom stereocenters. The van der Waals surface area contributed by atoms with Crippen molar-refractivity contribution in [3.63, 3.8) is 0 Å². The molecule has 0 amide bonds. The Morgan fingerprint density at radius 2 is 0.744 bits per heavy atom. The van der Waals surface area contributed by atoms with E-state index in [1.807, 2.05) is 176 Å². The van der Waals surface area contributed by atoms with Crippen LogP contribution in [0.2, 0.25) is 0 Å². The number of para-hydroxylation sites is 2. The van der Waals surface area contributed by atoms with E-state index >= 15 is 0 Å². The van der Waals surface area contributed by atoms with Crippen LogP contribution < -0.4 is 9.47 Å². The van der Waals surface area contributed by atoms with Gasteiger partial charge in [-0.05, 0) is 82.4 Å². The number of ether oxygens (including phenoxy) is 2. The molecular formula is C39H30O4. The van der Waals surface area contributed by atoms with Gasteiger partial charge in [0.2, 0.25) is 0 Å². The number of hydrogen-bond donors (Lipinski definition) is 1. The van der Waals surface area contributed by atoms with Gasteiger partial charge in [0.15, 0.2) is 5.60 Å². The number of hydrogen-bond acceptors (Lipinski definition) is 4. The van der Waals surface area contributed by atoms with Gasteiger partial charge >= 0.3 is 0 Å². The van der Waals surface area contributed by atoms with Crippen LogP contribution in [0.3, 0.4) is 0 Å². The highest BCUT2D eigenvalue weighted by molar-refractivity contribution is 5.82. The Hall–Kier alpha value is -5.42. The van der Waals surface area contributed by atoms with Crippen LogP contribution in [0.15, 0.2) is 176 Å². The molecule has 0 heterocycles. The largest absolute Gasteiger partial charge is 0.457 e. The van der Waals surface area contributed by atoms with Gasteiger partial charge in [0.25, 0.3) is 0 Å². The smallest absolute Gasteiger partial charge is 0.172 e. The summed E-state index contributed by atoms with van der Waals surface area (Å²) in [5, 5.41) is 10.7. The maximum Gasteiger partial charge on any atom is 0.172 e. The minimum atomic E-state index is -1.28. The summed E-state index contributed by atoms with van der Waals surface area (Å²) in [5.41, 5.74) is 3.00. The topological polar surface area (TPSA) is 47.9 Å². The lowest BCUT2D eigenvalue weighted by Crippen LogP contribution is -2.28. The van der Waals surface area contributed by atoms with E-state index in [2.05, 4.69) is 0 Å². The molecule has 0 atom stereocenters. The first-order valence-electron chi connectivity index (χ1n) is 14.1. The third kappa shape index (κ3) is 6.41. The molecular weight excluding hydrogens is 532 g/mol. The maximum atomic E-state index is 10.7. The summed E-state index contributed by atoms with van der Waals surface area (Å²) in [4.78, 5) is 5.46. The molecule has 0 aliphatic rings. The Bertz CT molecular complexity index is 1620. The summed E-state index contributed by atoms with van der Waals surface area (Å²) in [7, 11) is 0. The fourth-order valence-corrected chi connectivity index (χ4v) is 5.03. The minimum Gasteiger partial charge on any atom is -0.457 e. The molecule has 0 saturated carbocycles. The zero-order valence-corrected chi connectivity index (χ0v) is 23.4. The minimum absolute atomic E-state index is 0.719. The SMILES string of the molecule is OOC(C=C(c1ccc(Oc2ccccc2)cc1)c1ccc(Oc2ccccc2)cc1)(c1ccccc1)c1ccccc1. The Balaban J connectivity index is 1.45. The van der Waals surface area contributed by atoms with Crippen molar-refractivity contribution in [1.29, 1.82) is 0 Å². The van der Waals surface area contributed by atoms with Crippen molar-refractivity contribution in [2.24, 2.45) is 0 Å². The van der Waals surface area contributed by atoms with Crippen LogP contribution in [-0.2, 0) is 10.5 Å². The van der Waals surface area contributed by atoms with Crippen molar-refractivity contribution in [3.8, 4) is 23.0 Å². The lowest BCUT2D eigenvalue weighted by Gasteiger charge is -2.30. The molecule has 6 aromatic carbocycles. The molecule has 4 nitrogen and oxygen atoms in total. The molecule has 0 fully saturated rings. The summed E-state index contributed by atoms with van der Waals surface area (Å²) in [6.07, 6.45) is 1.97. The standard InChI is InChI=1S/C39H30O4/c40-43-39(32-13-5-1-6-14-32,33-15-7-2-8-16-33)29-38(30-21-25-36(26-22-30)41-34-17-9-3-10-18-34)31-23-27-37(28-24-31)42-35-19-11-4-12-20-35/h1-29,40H. The first-order chi connectivity index (χ1) is 21.2. The molecule has 6 rings (SSSR count). The van der Waals surface area contributed by atoms with Crippen molar-refractivity contribution in [3.05, 3.63) is 198 Å². The van der Waals surface area contributed by atoms with Crippen LogP contribution in [0.1, 0.15) is 22.3 Å². The van der Waals surface area contributed by atoms with Gasteiger partial charge in [-0.2, -0.15) is 0 Å². The van der Waals surface area contributed by atoms with E-state index in [4.69, 9.17) is 14.4 Å². The van der Waals surface area contributed by atoms with Crippen LogP contribution in [0, 0.1) is 0 Å². The Morgan fingerprint density at radius 3 is 1.09 bits per heavy atom. The summed E-state index contributed by atoms with van der Waals surface area (Å²) >= 11 is 0. The molecule has 43 heavy (non-hydrogen) atoms. The van der Waals surface area contributed by atoms with E-state index in [0.29, 0.717) is 0 Å². The molecule has 210 valence electrons. The second kappa shape index (κ2) is 13.0. The van der Waals surface area contributed by atoms with Crippen LogP contribution in [0.25, 0.3) is 5.57 Å². The molecule has 0 saturated heterocycles. The molecule has 0 aliphatic heterocycles. The second-order valence-corrected chi connectivity index (χ2v) is 10.00. The molecule has 0 bridgehead atoms. The van der Waals surface area contributed by atoms with E-state index in [1.54, 1.807) is 0 Å². The molecule has 0 aliphatic carbocycles. The fourth-order valence-electron chi connectivity index (χ4n) is 5.03. The highest BCUT2D eigenvalue weighted by Crippen LogP contribution is 2.40. The van der Waals surface area contributed by atoms with Crippen molar-refractivity contribution < 1.29 is 19.6 Å². The van der Waals surface area contributed by atoms with Gasteiger partial charge < -0.3 is 9.47 Å². The Kier molecular flexibility index (Phi) is 8.41. The quantitative estimate of drug-likeness (QED) is 0.133. The van der Waals surface area contributed by atoms with E-state index < -0.39 is 5.60 Å². The highest BCUT2D eigenvalue weighted by Gasteiger charge is 2.35. The summed E-state index contributed by atoms with van der Waals surface area (Å²) in [6.45, 7) is 0. The average molecular weight is 563 g/mol. The summed E-state index contributed by atoms with van der Waals surface area (Å²) < 4.78 is 12.1. The Labute approximate surface area is 251 Å². The van der Waals surface area contributed by atoms with Gasteiger partial charge in [-0.25, -0.2) is 4.89 Å². The van der Waals surface area contributed by atoms with Crippen LogP contribution in [0.4, 0.5) is 0 Å². The molecule has 0 spiro atoms. The predicted octanol–water partition coefficient (Wildman–Crippen LogP) is 10.1. The molecule has 1 N–H and O–H groups in total. The second-order valence-electron chi connectivity index (χ2n) is 10.00. The molecule has 0 aromatic heterocycles. The van der Waals surface area contributed by atoms with E-state index in [9.17, 15) is 5.26 Å². The number of rotatable bonds is 10. The van der Waals surface area contributed by atoms with Crippen molar-refractivity contribution >= 4 is 5.57 Å². The molecule has 6 aromatic rings. The fraction of sp³-hybridized carbons (Fsp3) is 0.0256. The predicted molar refractivity (Wildman–Crippen MR) is 170 cm³/mol. The van der Waals surface area contributed by atoms with Crippen molar-refractivity contribution in [2.75, 3.05) is 0 Å². The molecule has 0 radical (unpaired) electrons. The maximum absolute atomic E-state index is 10.7. The van der Waals surface area contributed by atoms with Crippen LogP contribution in [0.5, 0.6) is 23.0 Å². The third-order valence-corrected chi connectivity index (χ3v) is 7.19. The van der Waals surface area contributed by atoms with Gasteiger partial charge in [0.1, 0.15) is 23.0 Å². The van der Waals surface area contributed by atoms with Gasteiger partial charge in [0.05, 0.1) is 0 Å². The van der Waals surface area contributed by atoms with E-state index in [1.165, 1.54) is 0 Å². The summed E-state index contributed by atoms with van der Waals surface area (Å²) in [5.74, 6) is 2.97. The van der Waals surface area contributed by atoms with Gasteiger partial charge in [-0.15, -0.1) is 0 Å². The average Bonchev–Trinajstić information content (AvgIpc) is 3.08. The normalized spacial score (nSPS) is 11.0. The highest BCUT2D eigenvalue weighted by atomic mass is 17.1. The lowest BCUT2D eigenvalue weighted by molar-refractivity contribution is -0.299. The van der Waals surface area contributed by atoms with Crippen molar-refractivity contribution in [1.82, 2.24) is 0 Å². The zero-order chi connectivity index (χ0) is 29.3. The van der Waals surface area contributed by atoms with E-state index in [0.717, 1.165) is 50.8 Å². The monoisotopic (exact) mass is 562 g/mol. The molecule has 4 heteroatoms. The zero-order valence-electron chi connectivity index (χ0n) is 23.4.